The highest BCUT2D eigenvalue weighted by Crippen LogP contribution is 2.05. The van der Waals surface area contributed by atoms with Crippen molar-refractivity contribution in [2.45, 2.75) is 33.3 Å². The van der Waals surface area contributed by atoms with E-state index in [2.05, 4.69) is 0 Å². The van der Waals surface area contributed by atoms with Crippen molar-refractivity contribution >= 4 is 5.97 Å². The Morgan fingerprint density at radius 3 is 2.75 bits per heavy atom. The van der Waals surface area contributed by atoms with E-state index in [1.54, 1.807) is 25.2 Å². The van der Waals surface area contributed by atoms with E-state index in [-0.39, 0.29) is 5.97 Å². The first-order valence-corrected chi connectivity index (χ1v) is 5.41. The molecule has 0 rings (SSSR count). The molecule has 1 unspecified atom stereocenters. The molecule has 0 amide bonds. The van der Waals surface area contributed by atoms with E-state index in [1.807, 2.05) is 19.9 Å². The molecule has 0 fully saturated rings. The van der Waals surface area contributed by atoms with Crippen LogP contribution in [0.15, 0.2) is 36.0 Å². The van der Waals surface area contributed by atoms with Gasteiger partial charge in [-0.15, -0.1) is 0 Å². The van der Waals surface area contributed by atoms with Crippen LogP contribution in [0.4, 0.5) is 0 Å². The summed E-state index contributed by atoms with van der Waals surface area (Å²) in [5, 5.41) is 9.47. The summed E-state index contributed by atoms with van der Waals surface area (Å²) in [7, 11) is 0. The molecular formula is C13H20O3. The number of carbonyl (C=O) groups is 1. The van der Waals surface area contributed by atoms with Crippen LogP contribution in [0.3, 0.4) is 0 Å². The van der Waals surface area contributed by atoms with E-state index in [0.717, 1.165) is 5.57 Å². The van der Waals surface area contributed by atoms with Gasteiger partial charge in [-0.05, 0) is 27.2 Å². The molecule has 0 spiro atoms. The smallest absolute Gasteiger partial charge is 0.330 e. The molecule has 3 nitrogen and oxygen atoms in total. The number of esters is 1. The van der Waals surface area contributed by atoms with Crippen LogP contribution < -0.4 is 0 Å². The Kier molecular flexibility index (Phi) is 8.17. The van der Waals surface area contributed by atoms with E-state index in [4.69, 9.17) is 4.74 Å². The van der Waals surface area contributed by atoms with Gasteiger partial charge in [-0.1, -0.05) is 29.9 Å². The van der Waals surface area contributed by atoms with Crippen LogP contribution in [0.25, 0.3) is 0 Å². The highest BCUT2D eigenvalue weighted by atomic mass is 16.5. The molecule has 0 aliphatic rings. The topological polar surface area (TPSA) is 46.5 Å². The fourth-order valence-electron chi connectivity index (χ4n) is 1.17. The van der Waals surface area contributed by atoms with Crippen LogP contribution in [0.5, 0.6) is 0 Å². The molecule has 0 bridgehead atoms. The Bertz CT molecular complexity index is 288. The Morgan fingerprint density at radius 1 is 1.50 bits per heavy atom. The minimum absolute atomic E-state index is 0.347. The molecule has 3 heteroatoms. The number of aliphatic hydroxyl groups is 1. The van der Waals surface area contributed by atoms with Crippen LogP contribution in [0, 0.1) is 0 Å². The number of hydrogen-bond acceptors (Lipinski definition) is 3. The zero-order valence-corrected chi connectivity index (χ0v) is 10.1. The average Bonchev–Trinajstić information content (AvgIpc) is 2.18. The van der Waals surface area contributed by atoms with Gasteiger partial charge in [-0.25, -0.2) is 4.79 Å². The lowest BCUT2D eigenvalue weighted by atomic mass is 10.1. The van der Waals surface area contributed by atoms with Crippen molar-refractivity contribution in [1.29, 1.82) is 0 Å². The average molecular weight is 224 g/mol. The Morgan fingerprint density at radius 2 is 2.19 bits per heavy atom. The Hall–Kier alpha value is -1.35. The van der Waals surface area contributed by atoms with E-state index in [1.165, 1.54) is 6.08 Å². The third kappa shape index (κ3) is 8.00. The summed E-state index contributed by atoms with van der Waals surface area (Å²) in [6, 6.07) is 0. The van der Waals surface area contributed by atoms with Gasteiger partial charge in [0.2, 0.25) is 0 Å². The maximum atomic E-state index is 11.0. The summed E-state index contributed by atoms with van der Waals surface area (Å²) in [5.41, 5.74) is 1.01. The maximum absolute atomic E-state index is 11.0. The van der Waals surface area contributed by atoms with Crippen LogP contribution in [-0.2, 0) is 9.53 Å². The van der Waals surface area contributed by atoms with Crippen LogP contribution >= 0.6 is 0 Å². The summed E-state index contributed by atoms with van der Waals surface area (Å²) in [6.45, 7) is 5.91. The number of hydrogen-bond donors (Lipinski definition) is 1. The van der Waals surface area contributed by atoms with E-state index in [9.17, 15) is 9.90 Å². The van der Waals surface area contributed by atoms with Gasteiger partial charge in [0.25, 0.3) is 0 Å². The lowest BCUT2D eigenvalue weighted by Gasteiger charge is -2.04. The van der Waals surface area contributed by atoms with Crippen LogP contribution in [-0.4, -0.2) is 23.8 Å². The van der Waals surface area contributed by atoms with Gasteiger partial charge in [-0.2, -0.15) is 0 Å². The second kappa shape index (κ2) is 8.92. The third-order valence-electron chi connectivity index (χ3n) is 1.85. The number of carbonyl (C=O) groups excluding carboxylic acids is 1. The van der Waals surface area contributed by atoms with Crippen molar-refractivity contribution in [1.82, 2.24) is 0 Å². The van der Waals surface area contributed by atoms with Gasteiger partial charge in [0, 0.05) is 6.08 Å². The molecule has 16 heavy (non-hydrogen) atoms. The molecule has 0 aromatic heterocycles. The molecule has 0 saturated carbocycles. The zero-order chi connectivity index (χ0) is 12.4. The van der Waals surface area contributed by atoms with Gasteiger partial charge in [0.05, 0.1) is 12.7 Å². The van der Waals surface area contributed by atoms with Crippen molar-refractivity contribution in [3.05, 3.63) is 36.0 Å². The molecule has 0 saturated heterocycles. The van der Waals surface area contributed by atoms with Crippen molar-refractivity contribution < 1.29 is 14.6 Å². The standard InChI is InChI=1S/C13H20O3/c1-4-7-12(14)10-11(3)8-6-9-13(15)16-5-2/h4,6-9,12,14H,5,10H2,1-3H3/b7-4+,9-6+,11-8+. The van der Waals surface area contributed by atoms with Crippen molar-refractivity contribution in [3.8, 4) is 0 Å². The molecule has 0 radical (unpaired) electrons. The van der Waals surface area contributed by atoms with Gasteiger partial charge in [0.15, 0.2) is 0 Å². The summed E-state index contributed by atoms with van der Waals surface area (Å²) >= 11 is 0. The van der Waals surface area contributed by atoms with Crippen LogP contribution in [0.1, 0.15) is 27.2 Å². The van der Waals surface area contributed by atoms with E-state index < -0.39 is 6.10 Å². The van der Waals surface area contributed by atoms with Gasteiger partial charge in [-0.3, -0.25) is 0 Å². The second-order valence-electron chi connectivity index (χ2n) is 3.42. The number of rotatable bonds is 6. The van der Waals surface area contributed by atoms with Gasteiger partial charge >= 0.3 is 5.97 Å². The summed E-state index contributed by atoms with van der Waals surface area (Å²) < 4.78 is 4.73. The second-order valence-corrected chi connectivity index (χ2v) is 3.42. The fourth-order valence-corrected chi connectivity index (χ4v) is 1.17. The lowest BCUT2D eigenvalue weighted by molar-refractivity contribution is -0.137. The minimum Gasteiger partial charge on any atom is -0.463 e. The lowest BCUT2D eigenvalue weighted by Crippen LogP contribution is -2.02. The molecule has 1 atom stereocenters. The monoisotopic (exact) mass is 224 g/mol. The van der Waals surface area contributed by atoms with Crippen LogP contribution in [0.2, 0.25) is 0 Å². The number of ether oxygens (including phenoxy) is 1. The first kappa shape index (κ1) is 14.6. The SMILES string of the molecule is C/C=C/C(O)C/C(C)=C/C=C/C(=O)OCC. The van der Waals surface area contributed by atoms with E-state index >= 15 is 0 Å². The number of allylic oxidation sites excluding steroid dienone is 3. The minimum atomic E-state index is -0.461. The van der Waals surface area contributed by atoms with E-state index in [0.29, 0.717) is 13.0 Å². The zero-order valence-electron chi connectivity index (χ0n) is 10.1. The summed E-state index contributed by atoms with van der Waals surface area (Å²) in [4.78, 5) is 11.0. The Balaban J connectivity index is 4.08. The molecule has 1 N–H and O–H groups in total. The number of aliphatic hydroxyl groups excluding tert-OH is 1. The molecule has 90 valence electrons. The molecule has 0 aliphatic carbocycles. The quantitative estimate of drug-likeness (QED) is 0.326. The highest BCUT2D eigenvalue weighted by molar-refractivity contribution is 5.82. The Labute approximate surface area is 97.1 Å². The third-order valence-corrected chi connectivity index (χ3v) is 1.85. The fraction of sp³-hybridized carbons (Fsp3) is 0.462. The summed E-state index contributed by atoms with van der Waals surface area (Å²) in [5.74, 6) is -0.347. The first-order valence-electron chi connectivity index (χ1n) is 5.41. The molecule has 0 aromatic carbocycles. The van der Waals surface area contributed by atoms with Gasteiger partial charge < -0.3 is 9.84 Å². The maximum Gasteiger partial charge on any atom is 0.330 e. The molecule has 0 aromatic rings. The highest BCUT2D eigenvalue weighted by Gasteiger charge is 1.98. The van der Waals surface area contributed by atoms with Crippen molar-refractivity contribution in [3.63, 3.8) is 0 Å². The first-order chi connectivity index (χ1) is 7.60. The van der Waals surface area contributed by atoms with Crippen molar-refractivity contribution in [2.24, 2.45) is 0 Å². The van der Waals surface area contributed by atoms with Gasteiger partial charge in [0.1, 0.15) is 0 Å². The molecule has 0 heterocycles. The van der Waals surface area contributed by atoms with Crippen molar-refractivity contribution in [2.75, 3.05) is 6.61 Å². The largest absolute Gasteiger partial charge is 0.463 e. The summed E-state index contributed by atoms with van der Waals surface area (Å²) in [6.07, 6.45) is 8.45. The normalized spacial score (nSPS) is 14.6. The molecular weight excluding hydrogens is 204 g/mol. The predicted molar refractivity (Wildman–Crippen MR) is 65.0 cm³/mol. The predicted octanol–water partition coefficient (Wildman–Crippen LogP) is 2.38. The molecule has 0 aliphatic heterocycles.